The van der Waals surface area contributed by atoms with Crippen LogP contribution in [0.3, 0.4) is 0 Å². The summed E-state index contributed by atoms with van der Waals surface area (Å²) >= 11 is 0. The van der Waals surface area contributed by atoms with Crippen LogP contribution in [0.25, 0.3) is 0 Å². The smallest absolute Gasteiger partial charge is 0.332 e. The van der Waals surface area contributed by atoms with E-state index in [1.807, 2.05) is 0 Å². The Bertz CT molecular complexity index is 234. The summed E-state index contributed by atoms with van der Waals surface area (Å²) in [6.07, 6.45) is 5.93. The Morgan fingerprint density at radius 1 is 1.60 bits per heavy atom. The molecule has 0 N–H and O–H groups in total. The Balaban J connectivity index is 2.78. The molecule has 0 aromatic rings. The Morgan fingerprint density at radius 3 is 3.10 bits per heavy atom. The minimum Gasteiger partial charge on any atom is -0.433 e. The predicted octanol–water partition coefficient (Wildman–Crippen LogP) is 0.753. The van der Waals surface area contributed by atoms with Gasteiger partial charge < -0.3 is 4.74 Å². The predicted molar refractivity (Wildman–Crippen MR) is 33.5 cm³/mol. The molecule has 10 heavy (non-hydrogen) atoms. The quantitative estimate of drug-likeness (QED) is 0.460. The molecule has 0 saturated heterocycles. The number of nitrogens with zero attached hydrogens (tertiary/aromatic N) is 1. The van der Waals surface area contributed by atoms with Crippen LogP contribution in [0, 0.1) is 17.2 Å². The van der Waals surface area contributed by atoms with Crippen LogP contribution in [-0.2, 0) is 9.53 Å². The van der Waals surface area contributed by atoms with Gasteiger partial charge >= 0.3 is 5.97 Å². The molecule has 0 spiro atoms. The third-order valence-electron chi connectivity index (χ3n) is 1.07. The zero-order chi connectivity index (χ0) is 7.40. The average Bonchev–Trinajstić information content (AvgIpc) is 2.13. The van der Waals surface area contributed by atoms with Gasteiger partial charge in [0.2, 0.25) is 0 Å². The van der Waals surface area contributed by atoms with Crippen molar-refractivity contribution in [1.29, 1.82) is 5.26 Å². The van der Waals surface area contributed by atoms with Crippen molar-refractivity contribution in [2.75, 3.05) is 0 Å². The van der Waals surface area contributed by atoms with Crippen LogP contribution in [0.5, 0.6) is 0 Å². The molecule has 0 bridgehead atoms. The lowest BCUT2D eigenvalue weighted by molar-refractivity contribution is -0.139. The number of cyclic esters (lactones) is 1. The number of hydrogen-bond donors (Lipinski definition) is 0. The van der Waals surface area contributed by atoms with Crippen molar-refractivity contribution in [3.63, 3.8) is 0 Å². The fourth-order valence-corrected chi connectivity index (χ4v) is 0.575. The molecule has 1 unspecified atom stereocenters. The molecule has 3 nitrogen and oxygen atoms in total. The van der Waals surface area contributed by atoms with Crippen molar-refractivity contribution in [2.24, 2.45) is 5.92 Å². The van der Waals surface area contributed by atoms with Gasteiger partial charge in [-0.25, -0.2) is 4.79 Å². The maximum Gasteiger partial charge on any atom is 0.332 e. The van der Waals surface area contributed by atoms with Crippen LogP contribution in [-0.4, -0.2) is 5.97 Å². The van der Waals surface area contributed by atoms with Gasteiger partial charge in [-0.1, -0.05) is 12.2 Å². The standard InChI is InChI=1S/C7H5NO2/c8-5-6-3-1-2-4-10-7(6)9/h1-4,6H. The second-order valence-electron chi connectivity index (χ2n) is 1.76. The van der Waals surface area contributed by atoms with Crippen LogP contribution in [0.15, 0.2) is 24.5 Å². The van der Waals surface area contributed by atoms with E-state index in [1.165, 1.54) is 12.3 Å². The van der Waals surface area contributed by atoms with E-state index in [0.29, 0.717) is 0 Å². The zero-order valence-electron chi connectivity index (χ0n) is 5.15. The largest absolute Gasteiger partial charge is 0.433 e. The lowest BCUT2D eigenvalue weighted by Crippen LogP contribution is -2.09. The summed E-state index contributed by atoms with van der Waals surface area (Å²) < 4.78 is 4.50. The molecule has 0 saturated carbocycles. The Labute approximate surface area is 58.2 Å². The molecular weight excluding hydrogens is 130 g/mol. The summed E-state index contributed by atoms with van der Waals surface area (Å²) in [4.78, 5) is 10.7. The fraction of sp³-hybridized carbons (Fsp3) is 0.143. The summed E-state index contributed by atoms with van der Waals surface area (Å²) in [5.74, 6) is -1.28. The number of esters is 1. The van der Waals surface area contributed by atoms with Gasteiger partial charge in [0.25, 0.3) is 0 Å². The van der Waals surface area contributed by atoms with E-state index in [2.05, 4.69) is 4.74 Å². The molecule has 0 aromatic heterocycles. The van der Waals surface area contributed by atoms with Gasteiger partial charge in [-0.3, -0.25) is 0 Å². The van der Waals surface area contributed by atoms with Crippen molar-refractivity contribution in [1.82, 2.24) is 0 Å². The molecule has 0 aromatic carbocycles. The molecule has 1 rings (SSSR count). The van der Waals surface area contributed by atoms with Gasteiger partial charge in [0, 0.05) is 0 Å². The first-order valence-corrected chi connectivity index (χ1v) is 2.78. The van der Waals surface area contributed by atoms with E-state index in [1.54, 1.807) is 18.2 Å². The molecular formula is C7H5NO2. The highest BCUT2D eigenvalue weighted by Gasteiger charge is 2.15. The first kappa shape index (κ1) is 6.56. The van der Waals surface area contributed by atoms with Gasteiger partial charge in [0.05, 0.1) is 12.3 Å². The van der Waals surface area contributed by atoms with Gasteiger partial charge in [-0.15, -0.1) is 0 Å². The van der Waals surface area contributed by atoms with E-state index >= 15 is 0 Å². The molecule has 0 aliphatic carbocycles. The highest BCUT2D eigenvalue weighted by molar-refractivity contribution is 5.78. The van der Waals surface area contributed by atoms with E-state index in [0.717, 1.165) is 0 Å². The van der Waals surface area contributed by atoms with Gasteiger partial charge in [0.15, 0.2) is 5.92 Å². The van der Waals surface area contributed by atoms with Crippen molar-refractivity contribution in [3.05, 3.63) is 24.5 Å². The van der Waals surface area contributed by atoms with Crippen molar-refractivity contribution < 1.29 is 9.53 Å². The number of hydrogen-bond acceptors (Lipinski definition) is 3. The monoisotopic (exact) mass is 135 g/mol. The first-order valence-electron chi connectivity index (χ1n) is 2.78. The van der Waals surface area contributed by atoms with E-state index in [9.17, 15) is 4.79 Å². The van der Waals surface area contributed by atoms with Crippen LogP contribution in [0.1, 0.15) is 0 Å². The van der Waals surface area contributed by atoms with Crippen LogP contribution >= 0.6 is 0 Å². The second-order valence-corrected chi connectivity index (χ2v) is 1.76. The number of rotatable bonds is 0. The molecule has 0 amide bonds. The van der Waals surface area contributed by atoms with Crippen molar-refractivity contribution in [2.45, 2.75) is 0 Å². The normalized spacial score (nSPS) is 23.1. The molecule has 50 valence electrons. The third-order valence-corrected chi connectivity index (χ3v) is 1.07. The third kappa shape index (κ3) is 1.23. The maximum atomic E-state index is 10.7. The lowest BCUT2D eigenvalue weighted by atomic mass is 10.2. The summed E-state index contributed by atoms with van der Waals surface area (Å²) in [5.41, 5.74) is 0. The molecule has 1 aliphatic rings. The van der Waals surface area contributed by atoms with Crippen molar-refractivity contribution in [3.8, 4) is 6.07 Å². The Hall–Kier alpha value is -1.56. The van der Waals surface area contributed by atoms with Crippen LogP contribution in [0.2, 0.25) is 0 Å². The lowest BCUT2D eigenvalue weighted by Gasteiger charge is -1.96. The topological polar surface area (TPSA) is 50.1 Å². The molecule has 1 aliphatic heterocycles. The Kier molecular flexibility index (Phi) is 1.86. The number of ether oxygens (including phenoxy) is 1. The molecule has 0 fully saturated rings. The minimum atomic E-state index is -0.755. The second kappa shape index (κ2) is 2.83. The fourth-order valence-electron chi connectivity index (χ4n) is 0.575. The summed E-state index contributed by atoms with van der Waals surface area (Å²) in [5, 5.41) is 8.36. The first-order chi connectivity index (χ1) is 4.84. The van der Waals surface area contributed by atoms with Crippen LogP contribution in [0.4, 0.5) is 0 Å². The molecule has 1 heterocycles. The number of allylic oxidation sites excluding steroid dienone is 2. The van der Waals surface area contributed by atoms with Gasteiger partial charge in [-0.05, 0) is 6.08 Å². The summed E-state index contributed by atoms with van der Waals surface area (Å²) in [6.45, 7) is 0. The summed E-state index contributed by atoms with van der Waals surface area (Å²) in [6, 6.07) is 1.79. The molecule has 1 atom stereocenters. The van der Waals surface area contributed by atoms with Crippen LogP contribution < -0.4 is 0 Å². The number of carbonyl (C=O) groups is 1. The molecule has 0 radical (unpaired) electrons. The Morgan fingerprint density at radius 2 is 2.40 bits per heavy atom. The van der Waals surface area contributed by atoms with E-state index in [-0.39, 0.29) is 0 Å². The highest BCUT2D eigenvalue weighted by atomic mass is 16.5. The molecule has 3 heteroatoms. The minimum absolute atomic E-state index is 0.521. The summed E-state index contributed by atoms with van der Waals surface area (Å²) in [7, 11) is 0. The highest BCUT2D eigenvalue weighted by Crippen LogP contribution is 2.04. The van der Waals surface area contributed by atoms with Gasteiger partial charge in [-0.2, -0.15) is 5.26 Å². The average molecular weight is 135 g/mol. The van der Waals surface area contributed by atoms with Crippen molar-refractivity contribution >= 4 is 5.97 Å². The van der Waals surface area contributed by atoms with Gasteiger partial charge in [0.1, 0.15) is 0 Å². The maximum absolute atomic E-state index is 10.7. The van der Waals surface area contributed by atoms with E-state index in [4.69, 9.17) is 5.26 Å². The number of carbonyl (C=O) groups excluding carboxylic acids is 1. The van der Waals surface area contributed by atoms with E-state index < -0.39 is 11.9 Å². The SMILES string of the molecule is N#CC1C=CC=COC1=O. The number of nitriles is 1. The zero-order valence-corrected chi connectivity index (χ0v) is 5.15.